The molecule has 36 heavy (non-hydrogen) atoms. The van der Waals surface area contributed by atoms with Gasteiger partial charge in [0.25, 0.3) is 11.8 Å². The van der Waals surface area contributed by atoms with E-state index in [0.29, 0.717) is 22.0 Å². The molecule has 0 saturated heterocycles. The highest BCUT2D eigenvalue weighted by Gasteiger charge is 2.31. The molecule has 0 bridgehead atoms. The second-order valence-corrected chi connectivity index (χ2v) is 9.86. The molecule has 0 unspecified atom stereocenters. The van der Waals surface area contributed by atoms with Gasteiger partial charge in [0.2, 0.25) is 0 Å². The predicted molar refractivity (Wildman–Crippen MR) is 135 cm³/mol. The lowest BCUT2D eigenvalue weighted by atomic mass is 10.1. The quantitative estimate of drug-likeness (QED) is 0.413. The summed E-state index contributed by atoms with van der Waals surface area (Å²) in [7, 11) is 3.46. The molecule has 1 aliphatic heterocycles. The van der Waals surface area contributed by atoms with Crippen molar-refractivity contribution in [1.29, 1.82) is 0 Å². The van der Waals surface area contributed by atoms with Crippen molar-refractivity contribution in [3.05, 3.63) is 53.4 Å². The number of rotatable bonds is 3. The molecule has 10 nitrogen and oxygen atoms in total. The van der Waals surface area contributed by atoms with Crippen molar-refractivity contribution in [1.82, 2.24) is 24.5 Å². The molecule has 2 N–H and O–H groups in total. The monoisotopic (exact) mass is 504 g/mol. The molecule has 0 radical (unpaired) electrons. The molecule has 0 fully saturated rings. The third-order valence-corrected chi connectivity index (χ3v) is 6.45. The molecular formula is C25H24N6O4S. The Labute approximate surface area is 211 Å². The molecule has 4 heterocycles. The largest absolute Gasteiger partial charge is 0.489 e. The van der Waals surface area contributed by atoms with E-state index in [9.17, 15) is 14.7 Å². The van der Waals surface area contributed by atoms with E-state index in [0.717, 1.165) is 11.3 Å². The van der Waals surface area contributed by atoms with E-state index in [-0.39, 0.29) is 18.2 Å². The molecule has 0 saturated carbocycles. The average molecular weight is 505 g/mol. The van der Waals surface area contributed by atoms with Crippen LogP contribution in [0, 0.1) is 11.8 Å². The molecule has 3 aromatic heterocycles. The Morgan fingerprint density at radius 2 is 2.11 bits per heavy atom. The van der Waals surface area contributed by atoms with Crippen LogP contribution in [0.25, 0.3) is 16.2 Å². The lowest BCUT2D eigenvalue weighted by Gasteiger charge is -2.20. The van der Waals surface area contributed by atoms with Crippen LogP contribution < -0.4 is 15.0 Å². The first-order chi connectivity index (χ1) is 17.1. The van der Waals surface area contributed by atoms with Gasteiger partial charge in [-0.1, -0.05) is 11.8 Å². The highest BCUT2D eigenvalue weighted by Crippen LogP contribution is 2.32. The minimum absolute atomic E-state index is 0.0280. The fourth-order valence-electron chi connectivity index (χ4n) is 3.79. The summed E-state index contributed by atoms with van der Waals surface area (Å²) in [6.07, 6.45) is 5.29. The number of likely N-dealkylation sites (N-methyl/N-ethyl adjacent to an activating group) is 1. The number of anilines is 1. The molecule has 1 aliphatic rings. The number of hydrogen-bond acceptors (Lipinski definition) is 7. The van der Waals surface area contributed by atoms with Crippen molar-refractivity contribution < 1.29 is 19.4 Å². The van der Waals surface area contributed by atoms with Gasteiger partial charge in [0.1, 0.15) is 29.7 Å². The number of thiazole rings is 1. The second kappa shape index (κ2) is 8.82. The number of carbonyl (C=O) groups excluding carboxylic acids is 2. The Morgan fingerprint density at radius 1 is 1.31 bits per heavy atom. The fraction of sp³-hybridized carbons (Fsp3) is 0.280. The topological polar surface area (TPSA) is 114 Å². The number of carbonyl (C=O) groups is 2. The number of hydrogen-bond donors (Lipinski definition) is 2. The van der Waals surface area contributed by atoms with Gasteiger partial charge in [-0.05, 0) is 32.0 Å². The van der Waals surface area contributed by atoms with Crippen LogP contribution in [0.3, 0.4) is 0 Å². The van der Waals surface area contributed by atoms with Crippen LogP contribution in [-0.4, -0.2) is 61.4 Å². The van der Waals surface area contributed by atoms with Gasteiger partial charge in [0.05, 0.1) is 17.6 Å². The number of benzene rings is 1. The highest BCUT2D eigenvalue weighted by atomic mass is 32.1. The van der Waals surface area contributed by atoms with E-state index in [1.165, 1.54) is 16.2 Å². The number of amides is 2. The van der Waals surface area contributed by atoms with Crippen molar-refractivity contribution in [3.8, 4) is 28.8 Å². The van der Waals surface area contributed by atoms with Crippen LogP contribution in [0.15, 0.2) is 42.2 Å². The number of aromatic nitrogens is 4. The van der Waals surface area contributed by atoms with Gasteiger partial charge >= 0.3 is 0 Å². The summed E-state index contributed by atoms with van der Waals surface area (Å²) >= 11 is 1.41. The normalized spacial score (nSPS) is 15.6. The number of imidazole rings is 1. The fourth-order valence-corrected chi connectivity index (χ4v) is 4.67. The van der Waals surface area contributed by atoms with E-state index in [4.69, 9.17) is 4.74 Å². The van der Waals surface area contributed by atoms with Crippen molar-refractivity contribution >= 4 is 33.8 Å². The van der Waals surface area contributed by atoms with Gasteiger partial charge in [-0.25, -0.2) is 4.98 Å². The number of nitrogens with one attached hydrogen (secondary N) is 1. The summed E-state index contributed by atoms with van der Waals surface area (Å²) in [4.78, 5) is 32.8. The second-order valence-electron chi connectivity index (χ2n) is 9.03. The molecule has 184 valence electrons. The van der Waals surface area contributed by atoms with Crippen LogP contribution in [0.2, 0.25) is 0 Å². The minimum atomic E-state index is -1.14. The summed E-state index contributed by atoms with van der Waals surface area (Å²) in [6.45, 7) is 3.16. The number of ether oxygens (including phenoxy) is 1. The Morgan fingerprint density at radius 3 is 2.83 bits per heavy atom. The summed E-state index contributed by atoms with van der Waals surface area (Å²) in [5.41, 5.74) is 2.01. The Balaban J connectivity index is 1.35. The molecule has 0 spiro atoms. The maximum Gasteiger partial charge on any atom is 0.272 e. The van der Waals surface area contributed by atoms with Gasteiger partial charge in [0, 0.05) is 43.0 Å². The van der Waals surface area contributed by atoms with E-state index < -0.39 is 17.6 Å². The third-order valence-electron chi connectivity index (χ3n) is 5.61. The van der Waals surface area contributed by atoms with Gasteiger partial charge in [0.15, 0.2) is 4.96 Å². The average Bonchev–Trinajstić information content (AvgIpc) is 3.53. The molecule has 11 heteroatoms. The van der Waals surface area contributed by atoms with Crippen molar-refractivity contribution in [2.24, 2.45) is 7.05 Å². The SMILES string of the molecule is CN1C(=O)[C@@H](NC(=O)c2cn3c(-c4cnn(C)c4)csc3n2)COc2ccc(C#CC(C)(C)O)cc21. The van der Waals surface area contributed by atoms with Crippen LogP contribution in [0.5, 0.6) is 5.75 Å². The number of aliphatic hydroxyl groups is 1. The molecule has 1 aromatic carbocycles. The van der Waals surface area contributed by atoms with E-state index in [1.807, 2.05) is 23.0 Å². The molecule has 1 atom stereocenters. The molecular weight excluding hydrogens is 480 g/mol. The van der Waals surface area contributed by atoms with Crippen molar-refractivity contribution in [3.63, 3.8) is 0 Å². The zero-order valence-corrected chi connectivity index (χ0v) is 21.0. The highest BCUT2D eigenvalue weighted by molar-refractivity contribution is 7.15. The van der Waals surface area contributed by atoms with Gasteiger partial charge in [-0.2, -0.15) is 5.10 Å². The molecule has 2 amide bonds. The van der Waals surface area contributed by atoms with Gasteiger partial charge < -0.3 is 20.1 Å². The smallest absolute Gasteiger partial charge is 0.272 e. The Kier molecular flexibility index (Phi) is 5.78. The van der Waals surface area contributed by atoms with Crippen LogP contribution in [0.4, 0.5) is 5.69 Å². The number of fused-ring (bicyclic) bond motifs is 2. The molecule has 4 aromatic rings. The number of nitrogens with zero attached hydrogens (tertiary/aromatic N) is 5. The summed E-state index contributed by atoms with van der Waals surface area (Å²) in [5.74, 6) is 5.36. The van der Waals surface area contributed by atoms with E-state index in [2.05, 4.69) is 27.2 Å². The summed E-state index contributed by atoms with van der Waals surface area (Å²) in [6, 6.07) is 4.30. The van der Waals surface area contributed by atoms with Gasteiger partial charge in [-0.15, -0.1) is 11.3 Å². The first-order valence-corrected chi connectivity index (χ1v) is 12.0. The minimum Gasteiger partial charge on any atom is -0.489 e. The lowest BCUT2D eigenvalue weighted by Crippen LogP contribution is -2.49. The van der Waals surface area contributed by atoms with Crippen LogP contribution in [0.1, 0.15) is 29.9 Å². The van der Waals surface area contributed by atoms with E-state index in [1.54, 1.807) is 56.2 Å². The Bertz CT molecular complexity index is 1550. The standard InChI is InChI=1S/C25H24N6O4S/c1-25(2,34)8-7-15-5-6-21-19(9-15)30(4)23(33)18(13-35-21)27-22(32)17-12-31-20(14-36-24(31)28-17)16-10-26-29(3)11-16/h5-6,9-12,14,18,34H,13H2,1-4H3,(H,27,32)/t18-/m0/s1. The lowest BCUT2D eigenvalue weighted by molar-refractivity contribution is -0.120. The molecule has 0 aliphatic carbocycles. The maximum absolute atomic E-state index is 13.2. The zero-order valence-electron chi connectivity index (χ0n) is 20.1. The third kappa shape index (κ3) is 4.56. The zero-order chi connectivity index (χ0) is 25.6. The van der Waals surface area contributed by atoms with E-state index >= 15 is 0 Å². The predicted octanol–water partition coefficient (Wildman–Crippen LogP) is 2.07. The number of aryl methyl sites for hydroxylation is 1. The molecule has 5 rings (SSSR count). The van der Waals surface area contributed by atoms with Crippen LogP contribution in [-0.2, 0) is 11.8 Å². The first kappa shape index (κ1) is 23.6. The maximum atomic E-state index is 13.2. The van der Waals surface area contributed by atoms with Crippen LogP contribution >= 0.6 is 11.3 Å². The summed E-state index contributed by atoms with van der Waals surface area (Å²) in [5, 5.41) is 18.8. The van der Waals surface area contributed by atoms with Crippen molar-refractivity contribution in [2.75, 3.05) is 18.6 Å². The summed E-state index contributed by atoms with van der Waals surface area (Å²) < 4.78 is 9.40. The first-order valence-electron chi connectivity index (χ1n) is 11.2. The Hall–Kier alpha value is -4.14. The van der Waals surface area contributed by atoms with Crippen molar-refractivity contribution in [2.45, 2.75) is 25.5 Å². The van der Waals surface area contributed by atoms with Gasteiger partial charge in [-0.3, -0.25) is 18.7 Å².